The lowest BCUT2D eigenvalue weighted by molar-refractivity contribution is 0.174. The van der Waals surface area contributed by atoms with Gasteiger partial charge in [-0.15, -0.1) is 0 Å². The van der Waals surface area contributed by atoms with Gasteiger partial charge in [0.25, 0.3) is 0 Å². The molecule has 138 valence electrons. The maximum atomic E-state index is 5.41. The predicted molar refractivity (Wildman–Crippen MR) is 100 cm³/mol. The van der Waals surface area contributed by atoms with Crippen molar-refractivity contribution in [1.82, 2.24) is 25.0 Å². The van der Waals surface area contributed by atoms with Crippen molar-refractivity contribution in [2.75, 3.05) is 13.1 Å². The fraction of sp³-hybridized carbons (Fsp3) is 0.350. The van der Waals surface area contributed by atoms with E-state index in [1.54, 1.807) is 6.26 Å². The Labute approximate surface area is 156 Å². The van der Waals surface area contributed by atoms with Crippen LogP contribution < -0.4 is 0 Å². The Morgan fingerprint density at radius 3 is 3.04 bits per heavy atom. The molecule has 5 rings (SSSR count). The summed E-state index contributed by atoms with van der Waals surface area (Å²) in [4.78, 5) is 15.2. The number of likely N-dealkylation sites (tertiary alicyclic amines) is 1. The quantitative estimate of drug-likeness (QED) is 0.592. The molecule has 4 heterocycles. The number of piperidine rings is 1. The van der Waals surface area contributed by atoms with E-state index >= 15 is 0 Å². The van der Waals surface area contributed by atoms with Gasteiger partial charge in [-0.3, -0.25) is 4.90 Å². The third kappa shape index (κ3) is 3.14. The van der Waals surface area contributed by atoms with Gasteiger partial charge < -0.3 is 13.9 Å². The van der Waals surface area contributed by atoms with Gasteiger partial charge in [0, 0.05) is 12.5 Å². The van der Waals surface area contributed by atoms with Crippen LogP contribution in [0.4, 0.5) is 0 Å². The van der Waals surface area contributed by atoms with Crippen LogP contribution in [0.2, 0.25) is 0 Å². The number of aromatic nitrogens is 4. The second-order valence-electron chi connectivity index (χ2n) is 7.16. The number of rotatable bonds is 4. The maximum Gasteiger partial charge on any atom is 0.241 e. The van der Waals surface area contributed by atoms with E-state index in [-0.39, 0.29) is 0 Å². The minimum atomic E-state index is 0.387. The van der Waals surface area contributed by atoms with Gasteiger partial charge in [0.2, 0.25) is 11.7 Å². The van der Waals surface area contributed by atoms with Gasteiger partial charge in [-0.2, -0.15) is 4.98 Å². The Hall–Kier alpha value is -2.93. The van der Waals surface area contributed by atoms with E-state index in [2.05, 4.69) is 45.1 Å². The van der Waals surface area contributed by atoms with E-state index in [9.17, 15) is 0 Å². The van der Waals surface area contributed by atoms with Crippen molar-refractivity contribution in [3.8, 4) is 11.6 Å². The minimum Gasteiger partial charge on any atom is -0.461 e. The SMILES string of the molecule is Cc1cccc2[nH]c(C3CCCN(Cc4nc(-c5ccco5)no4)C3)nc12. The zero-order chi connectivity index (χ0) is 18.2. The third-order valence-corrected chi connectivity index (χ3v) is 5.19. The first-order chi connectivity index (χ1) is 13.3. The Morgan fingerprint density at radius 1 is 1.22 bits per heavy atom. The normalized spacial score (nSPS) is 18.3. The third-order valence-electron chi connectivity index (χ3n) is 5.19. The second-order valence-corrected chi connectivity index (χ2v) is 7.16. The molecule has 1 aromatic carbocycles. The average molecular weight is 363 g/mol. The minimum absolute atomic E-state index is 0.387. The number of nitrogens with zero attached hydrogens (tertiary/aromatic N) is 4. The van der Waals surface area contributed by atoms with E-state index in [4.69, 9.17) is 13.9 Å². The molecule has 1 atom stereocenters. The van der Waals surface area contributed by atoms with Gasteiger partial charge in [0.1, 0.15) is 5.82 Å². The van der Waals surface area contributed by atoms with Gasteiger partial charge in [0.05, 0.1) is 23.8 Å². The van der Waals surface area contributed by atoms with Crippen LogP contribution in [0.15, 0.2) is 45.5 Å². The lowest BCUT2D eigenvalue weighted by Crippen LogP contribution is -2.34. The van der Waals surface area contributed by atoms with Gasteiger partial charge >= 0.3 is 0 Å². The Kier molecular flexibility index (Phi) is 4.01. The molecular formula is C20H21N5O2. The summed E-state index contributed by atoms with van der Waals surface area (Å²) in [5.41, 5.74) is 3.39. The average Bonchev–Trinajstić information content (AvgIpc) is 3.42. The van der Waals surface area contributed by atoms with E-state index in [1.807, 2.05) is 12.1 Å². The van der Waals surface area contributed by atoms with E-state index in [0.29, 0.717) is 29.9 Å². The Morgan fingerprint density at radius 2 is 2.19 bits per heavy atom. The molecule has 1 aliphatic rings. The zero-order valence-corrected chi connectivity index (χ0v) is 15.2. The fourth-order valence-corrected chi connectivity index (χ4v) is 3.83. The van der Waals surface area contributed by atoms with Crippen LogP contribution in [0.25, 0.3) is 22.6 Å². The van der Waals surface area contributed by atoms with Crippen LogP contribution >= 0.6 is 0 Å². The van der Waals surface area contributed by atoms with Crippen LogP contribution in [0.5, 0.6) is 0 Å². The Bertz CT molecular complexity index is 1050. The second kappa shape index (κ2) is 6.66. The van der Waals surface area contributed by atoms with Gasteiger partial charge in [-0.25, -0.2) is 4.98 Å². The predicted octanol–water partition coefficient (Wildman–Crippen LogP) is 3.89. The number of H-pyrrole nitrogens is 1. The molecular weight excluding hydrogens is 342 g/mol. The highest BCUT2D eigenvalue weighted by molar-refractivity contribution is 5.78. The van der Waals surface area contributed by atoms with Gasteiger partial charge in [0.15, 0.2) is 5.76 Å². The molecule has 3 aromatic heterocycles. The summed E-state index contributed by atoms with van der Waals surface area (Å²) in [6.07, 6.45) is 3.87. The molecule has 1 aliphatic heterocycles. The standard InChI is InChI=1S/C20H21N5O2/c1-13-5-2-7-15-18(13)23-19(21-15)14-6-3-9-25(11-14)12-17-22-20(24-27-17)16-8-4-10-26-16/h2,4-5,7-8,10,14H,3,6,9,11-12H2,1H3,(H,21,23). The number of benzene rings is 1. The number of para-hydroxylation sites is 1. The van der Waals surface area contributed by atoms with Crippen LogP contribution in [-0.2, 0) is 6.54 Å². The molecule has 0 saturated carbocycles. The molecule has 0 amide bonds. The van der Waals surface area contributed by atoms with Crippen molar-refractivity contribution in [2.45, 2.75) is 32.2 Å². The molecule has 1 saturated heterocycles. The summed E-state index contributed by atoms with van der Waals surface area (Å²) in [7, 11) is 0. The molecule has 1 N–H and O–H groups in total. The summed E-state index contributed by atoms with van der Waals surface area (Å²) < 4.78 is 10.7. The molecule has 0 radical (unpaired) electrons. The Balaban J connectivity index is 1.31. The molecule has 0 bridgehead atoms. The highest BCUT2D eigenvalue weighted by Gasteiger charge is 2.25. The number of fused-ring (bicyclic) bond motifs is 1. The first kappa shape index (κ1) is 16.3. The molecule has 1 fully saturated rings. The van der Waals surface area contributed by atoms with Crippen molar-refractivity contribution < 1.29 is 8.94 Å². The van der Waals surface area contributed by atoms with Crippen molar-refractivity contribution in [2.24, 2.45) is 0 Å². The zero-order valence-electron chi connectivity index (χ0n) is 15.2. The maximum absolute atomic E-state index is 5.41. The lowest BCUT2D eigenvalue weighted by atomic mass is 9.97. The largest absolute Gasteiger partial charge is 0.461 e. The topological polar surface area (TPSA) is 84.0 Å². The number of aromatic amines is 1. The highest BCUT2D eigenvalue weighted by atomic mass is 16.5. The van der Waals surface area contributed by atoms with Gasteiger partial charge in [-0.1, -0.05) is 17.3 Å². The summed E-state index contributed by atoms with van der Waals surface area (Å²) in [5.74, 6) is 3.20. The summed E-state index contributed by atoms with van der Waals surface area (Å²) in [5, 5.41) is 4.01. The molecule has 7 heteroatoms. The first-order valence-electron chi connectivity index (χ1n) is 9.30. The molecule has 1 unspecified atom stereocenters. The lowest BCUT2D eigenvalue weighted by Gasteiger charge is -2.30. The smallest absolute Gasteiger partial charge is 0.241 e. The molecule has 0 aliphatic carbocycles. The van der Waals surface area contributed by atoms with Crippen molar-refractivity contribution in [1.29, 1.82) is 0 Å². The van der Waals surface area contributed by atoms with Crippen LogP contribution in [0, 0.1) is 6.92 Å². The van der Waals surface area contributed by atoms with Crippen molar-refractivity contribution >= 4 is 11.0 Å². The van der Waals surface area contributed by atoms with Crippen molar-refractivity contribution in [3.05, 3.63) is 53.9 Å². The first-order valence-corrected chi connectivity index (χ1v) is 9.30. The van der Waals surface area contributed by atoms with Gasteiger partial charge in [-0.05, 0) is 50.1 Å². The number of furan rings is 1. The summed E-state index contributed by atoms with van der Waals surface area (Å²) in [6.45, 7) is 4.70. The highest BCUT2D eigenvalue weighted by Crippen LogP contribution is 2.28. The monoisotopic (exact) mass is 363 g/mol. The van der Waals surface area contributed by atoms with Crippen LogP contribution in [-0.4, -0.2) is 38.1 Å². The van der Waals surface area contributed by atoms with E-state index in [1.165, 1.54) is 5.56 Å². The number of nitrogens with one attached hydrogen (secondary N) is 1. The van der Waals surface area contributed by atoms with E-state index in [0.717, 1.165) is 42.8 Å². The van der Waals surface area contributed by atoms with Crippen molar-refractivity contribution in [3.63, 3.8) is 0 Å². The molecule has 4 aromatic rings. The summed E-state index contributed by atoms with van der Waals surface area (Å²) in [6, 6.07) is 9.91. The number of imidazole rings is 1. The fourth-order valence-electron chi connectivity index (χ4n) is 3.83. The molecule has 0 spiro atoms. The molecule has 27 heavy (non-hydrogen) atoms. The van der Waals surface area contributed by atoms with E-state index < -0.39 is 0 Å². The summed E-state index contributed by atoms with van der Waals surface area (Å²) >= 11 is 0. The van der Waals surface area contributed by atoms with Crippen LogP contribution in [0.1, 0.15) is 36.0 Å². The number of hydrogen-bond donors (Lipinski definition) is 1. The number of aryl methyl sites for hydroxylation is 1. The number of hydrogen-bond acceptors (Lipinski definition) is 6. The van der Waals surface area contributed by atoms with Crippen LogP contribution in [0.3, 0.4) is 0 Å². The molecule has 7 nitrogen and oxygen atoms in total.